The Labute approximate surface area is 211 Å². The molecule has 1 N–H and O–H groups in total. The van der Waals surface area contributed by atoms with Crippen LogP contribution >= 0.6 is 0 Å². The minimum atomic E-state index is -4.93. The number of ether oxygens (including phenoxy) is 1. The number of likely N-dealkylation sites (tertiary alicyclic amines) is 1. The molecule has 37 heavy (non-hydrogen) atoms. The summed E-state index contributed by atoms with van der Waals surface area (Å²) in [5, 5.41) is 3.05. The number of amides is 2. The number of carbonyl (C=O) groups is 1. The number of rotatable bonds is 6. The summed E-state index contributed by atoms with van der Waals surface area (Å²) in [5.74, 6) is 0. The molecule has 0 radical (unpaired) electrons. The second-order valence-electron chi connectivity index (χ2n) is 9.76. The average Bonchev–Trinajstić information content (AvgIpc) is 2.84. The van der Waals surface area contributed by atoms with Gasteiger partial charge in [-0.3, -0.25) is 0 Å². The standard InChI is InChI=1S/C26H29F6N3O2/c1-34-10-7-22(8-11-34)35-12-9-24(33-23(35)36,19-5-3-2-4-6-19)17-37-16-18-13-20(25(27,28)29)15-21(14-18)26(30,31)32/h2-6,13-15,22H,7-12,16-17H2,1H3,(H,33,36). The summed E-state index contributed by atoms with van der Waals surface area (Å²) in [7, 11) is 2.03. The first kappa shape index (κ1) is 27.3. The van der Waals surface area contributed by atoms with Crippen LogP contribution in [-0.4, -0.2) is 55.2 Å². The van der Waals surface area contributed by atoms with Gasteiger partial charge in [0, 0.05) is 12.6 Å². The molecule has 2 fully saturated rings. The van der Waals surface area contributed by atoms with Crippen molar-refractivity contribution in [1.29, 1.82) is 0 Å². The van der Waals surface area contributed by atoms with E-state index >= 15 is 0 Å². The van der Waals surface area contributed by atoms with Gasteiger partial charge in [0.05, 0.1) is 29.9 Å². The topological polar surface area (TPSA) is 44.8 Å². The summed E-state index contributed by atoms with van der Waals surface area (Å²) in [6.45, 7) is 1.65. The molecule has 2 saturated heterocycles. The van der Waals surface area contributed by atoms with Crippen molar-refractivity contribution < 1.29 is 35.9 Å². The van der Waals surface area contributed by atoms with E-state index in [1.807, 2.05) is 30.1 Å². The lowest BCUT2D eigenvalue weighted by Gasteiger charge is -2.46. The normalized spacial score (nSPS) is 22.2. The van der Waals surface area contributed by atoms with Crippen LogP contribution in [0.2, 0.25) is 0 Å². The van der Waals surface area contributed by atoms with Crippen LogP contribution in [0.5, 0.6) is 0 Å². The number of urea groups is 1. The maximum atomic E-state index is 13.2. The number of hydrogen-bond acceptors (Lipinski definition) is 3. The van der Waals surface area contributed by atoms with Gasteiger partial charge in [0.25, 0.3) is 0 Å². The number of nitrogens with one attached hydrogen (secondary N) is 1. The van der Waals surface area contributed by atoms with Gasteiger partial charge in [-0.2, -0.15) is 26.3 Å². The van der Waals surface area contributed by atoms with Crippen LogP contribution in [0.25, 0.3) is 0 Å². The van der Waals surface area contributed by atoms with Gasteiger partial charge < -0.3 is 19.9 Å². The molecule has 2 amide bonds. The smallest absolute Gasteiger partial charge is 0.374 e. The zero-order chi connectivity index (χ0) is 26.8. The number of piperidine rings is 1. The molecule has 2 heterocycles. The van der Waals surface area contributed by atoms with Crippen molar-refractivity contribution in [3.05, 3.63) is 70.8 Å². The highest BCUT2D eigenvalue weighted by molar-refractivity contribution is 5.77. The Morgan fingerprint density at radius 1 is 0.946 bits per heavy atom. The number of benzene rings is 2. The fourth-order valence-electron chi connectivity index (χ4n) is 5.02. The molecule has 2 aliphatic heterocycles. The van der Waals surface area contributed by atoms with Gasteiger partial charge in [-0.05, 0) is 68.7 Å². The lowest BCUT2D eigenvalue weighted by atomic mass is 9.85. The van der Waals surface area contributed by atoms with Gasteiger partial charge in [0.15, 0.2) is 0 Å². The number of halogens is 6. The number of nitrogens with zero attached hydrogens (tertiary/aromatic N) is 2. The highest BCUT2D eigenvalue weighted by Crippen LogP contribution is 2.37. The van der Waals surface area contributed by atoms with Crippen molar-refractivity contribution in [3.63, 3.8) is 0 Å². The molecule has 2 aromatic carbocycles. The van der Waals surface area contributed by atoms with E-state index in [4.69, 9.17) is 4.74 Å². The first-order valence-electron chi connectivity index (χ1n) is 12.1. The molecule has 0 aliphatic carbocycles. The van der Waals surface area contributed by atoms with Crippen LogP contribution in [0.1, 0.15) is 41.5 Å². The van der Waals surface area contributed by atoms with E-state index in [-0.39, 0.29) is 30.3 Å². The Hall–Kier alpha value is -2.79. The van der Waals surface area contributed by atoms with Gasteiger partial charge in [-0.1, -0.05) is 30.3 Å². The Balaban J connectivity index is 1.52. The average molecular weight is 530 g/mol. The van der Waals surface area contributed by atoms with E-state index in [0.717, 1.165) is 31.5 Å². The van der Waals surface area contributed by atoms with Gasteiger partial charge in [0.2, 0.25) is 0 Å². The minimum Gasteiger partial charge on any atom is -0.374 e. The molecule has 1 atom stereocenters. The summed E-state index contributed by atoms with van der Waals surface area (Å²) in [6, 6.07) is 10.3. The first-order chi connectivity index (χ1) is 17.4. The molecular formula is C26H29F6N3O2. The van der Waals surface area contributed by atoms with E-state index in [9.17, 15) is 31.1 Å². The van der Waals surface area contributed by atoms with Crippen molar-refractivity contribution in [2.24, 2.45) is 0 Å². The van der Waals surface area contributed by atoms with Crippen LogP contribution in [0, 0.1) is 0 Å². The molecule has 0 saturated carbocycles. The summed E-state index contributed by atoms with van der Waals surface area (Å²) in [5.41, 5.74) is -3.24. The van der Waals surface area contributed by atoms with E-state index < -0.39 is 35.6 Å². The fourth-order valence-corrected chi connectivity index (χ4v) is 5.02. The van der Waals surface area contributed by atoms with E-state index in [1.165, 1.54) is 0 Å². The van der Waals surface area contributed by atoms with Crippen LogP contribution in [0.3, 0.4) is 0 Å². The lowest BCUT2D eigenvalue weighted by Crippen LogP contribution is -2.62. The Morgan fingerprint density at radius 2 is 1.54 bits per heavy atom. The largest absolute Gasteiger partial charge is 0.416 e. The first-order valence-corrected chi connectivity index (χ1v) is 12.1. The zero-order valence-electron chi connectivity index (χ0n) is 20.3. The van der Waals surface area contributed by atoms with Gasteiger partial charge in [-0.15, -0.1) is 0 Å². The molecule has 0 aromatic heterocycles. The molecule has 5 nitrogen and oxygen atoms in total. The molecule has 1 unspecified atom stereocenters. The molecule has 0 bridgehead atoms. The highest BCUT2D eigenvalue weighted by Gasteiger charge is 2.42. The SMILES string of the molecule is CN1CCC(N2CCC(COCc3cc(C(F)(F)F)cc(C(F)(F)F)c3)(c3ccccc3)NC2=O)CC1. The lowest BCUT2D eigenvalue weighted by molar-refractivity contribution is -0.143. The predicted molar refractivity (Wildman–Crippen MR) is 125 cm³/mol. The molecule has 202 valence electrons. The number of carbonyl (C=O) groups excluding carboxylic acids is 1. The summed E-state index contributed by atoms with van der Waals surface area (Å²) in [6.07, 6.45) is -7.68. The van der Waals surface area contributed by atoms with Crippen molar-refractivity contribution in [2.75, 3.05) is 33.3 Å². The third kappa shape index (κ3) is 6.38. The summed E-state index contributed by atoms with van der Waals surface area (Å²) < 4.78 is 85.1. The quantitative estimate of drug-likeness (QED) is 0.493. The van der Waals surface area contributed by atoms with Crippen molar-refractivity contribution in [2.45, 2.75) is 49.8 Å². The molecule has 4 rings (SSSR count). The predicted octanol–water partition coefficient (Wildman–Crippen LogP) is 5.65. The summed E-state index contributed by atoms with van der Waals surface area (Å²) >= 11 is 0. The van der Waals surface area contributed by atoms with E-state index in [0.29, 0.717) is 25.1 Å². The second kappa shape index (κ2) is 10.5. The van der Waals surface area contributed by atoms with Crippen molar-refractivity contribution in [3.8, 4) is 0 Å². The van der Waals surface area contributed by atoms with Gasteiger partial charge >= 0.3 is 18.4 Å². The second-order valence-corrected chi connectivity index (χ2v) is 9.76. The fraction of sp³-hybridized carbons (Fsp3) is 0.500. The minimum absolute atomic E-state index is 0.0912. The molecule has 2 aliphatic rings. The third-order valence-electron chi connectivity index (χ3n) is 7.11. The van der Waals surface area contributed by atoms with Gasteiger partial charge in [-0.25, -0.2) is 4.79 Å². The Bertz CT molecular complexity index is 1050. The summed E-state index contributed by atoms with van der Waals surface area (Å²) in [4.78, 5) is 17.2. The molecule has 0 spiro atoms. The number of alkyl halides is 6. The maximum absolute atomic E-state index is 13.2. The molecular weight excluding hydrogens is 500 g/mol. The van der Waals surface area contributed by atoms with Crippen molar-refractivity contribution >= 4 is 6.03 Å². The van der Waals surface area contributed by atoms with Crippen molar-refractivity contribution in [1.82, 2.24) is 15.1 Å². The molecule has 2 aromatic rings. The monoisotopic (exact) mass is 529 g/mol. The highest BCUT2D eigenvalue weighted by atomic mass is 19.4. The molecule has 11 heteroatoms. The Kier molecular flexibility index (Phi) is 7.75. The van der Waals surface area contributed by atoms with E-state index in [1.54, 1.807) is 12.1 Å². The van der Waals surface area contributed by atoms with Crippen LogP contribution in [0.15, 0.2) is 48.5 Å². The van der Waals surface area contributed by atoms with Crippen LogP contribution in [-0.2, 0) is 29.2 Å². The zero-order valence-corrected chi connectivity index (χ0v) is 20.3. The maximum Gasteiger partial charge on any atom is 0.416 e. The van der Waals surface area contributed by atoms with Crippen LogP contribution < -0.4 is 5.32 Å². The number of hydrogen-bond donors (Lipinski definition) is 1. The third-order valence-corrected chi connectivity index (χ3v) is 7.11. The Morgan fingerprint density at radius 3 is 2.08 bits per heavy atom. The van der Waals surface area contributed by atoms with Gasteiger partial charge in [0.1, 0.15) is 0 Å². The van der Waals surface area contributed by atoms with Crippen LogP contribution in [0.4, 0.5) is 31.1 Å². The van der Waals surface area contributed by atoms with E-state index in [2.05, 4.69) is 10.2 Å².